The lowest BCUT2D eigenvalue weighted by Crippen LogP contribution is -2.11. The van der Waals surface area contributed by atoms with E-state index < -0.39 is 0 Å². The first-order valence-corrected chi connectivity index (χ1v) is 9.42. The topological polar surface area (TPSA) is 66.9 Å². The van der Waals surface area contributed by atoms with Gasteiger partial charge in [0.1, 0.15) is 5.82 Å². The Bertz CT molecular complexity index is 1140. The van der Waals surface area contributed by atoms with Gasteiger partial charge in [-0.1, -0.05) is 17.7 Å². The van der Waals surface area contributed by atoms with Crippen LogP contribution in [-0.2, 0) is 0 Å². The largest absolute Gasteiger partial charge is 0.339 e. The maximum absolute atomic E-state index is 13.0. The maximum atomic E-state index is 13.0. The quantitative estimate of drug-likeness (QED) is 0.460. The summed E-state index contributed by atoms with van der Waals surface area (Å²) in [5.74, 6) is 0.104. The normalized spacial score (nSPS) is 10.5. The molecule has 4 aromatic rings. The number of hydrogen-bond donors (Lipinski definition) is 2. The Labute approximate surface area is 173 Å². The van der Waals surface area contributed by atoms with Crippen molar-refractivity contribution in [3.8, 4) is 11.3 Å². The molecule has 5 nitrogen and oxygen atoms in total. The number of anilines is 3. The molecule has 3 aromatic carbocycles. The van der Waals surface area contributed by atoms with Gasteiger partial charge in [0.2, 0.25) is 0 Å². The van der Waals surface area contributed by atoms with Gasteiger partial charge in [0.25, 0.3) is 5.91 Å². The number of carbonyl (C=O) groups is 1. The predicted molar refractivity (Wildman–Crippen MR) is 116 cm³/mol. The van der Waals surface area contributed by atoms with E-state index >= 15 is 0 Å². The van der Waals surface area contributed by atoms with Crippen LogP contribution < -0.4 is 10.6 Å². The van der Waals surface area contributed by atoms with Gasteiger partial charge in [-0.3, -0.25) is 4.79 Å². The van der Waals surface area contributed by atoms with E-state index in [0.29, 0.717) is 17.1 Å². The van der Waals surface area contributed by atoms with Crippen LogP contribution in [0.25, 0.3) is 11.3 Å². The van der Waals surface area contributed by atoms with Crippen LogP contribution in [0.3, 0.4) is 0 Å². The first-order valence-electron chi connectivity index (χ1n) is 9.42. The van der Waals surface area contributed by atoms with Gasteiger partial charge in [-0.05, 0) is 79.7 Å². The van der Waals surface area contributed by atoms with Crippen molar-refractivity contribution < 1.29 is 9.18 Å². The standard InChI is InChI=1S/C24H19FN4O/c1-16-2-10-21(11-3-16)27-24(30)18-6-12-20(13-7-18)26-23-15-14-22(28-29-23)17-4-8-19(25)9-5-17/h2-15H,1H3,(H,26,29)(H,27,30). The zero-order chi connectivity index (χ0) is 20.9. The van der Waals surface area contributed by atoms with Gasteiger partial charge in [0, 0.05) is 22.5 Å². The van der Waals surface area contributed by atoms with E-state index in [0.717, 1.165) is 22.5 Å². The SMILES string of the molecule is Cc1ccc(NC(=O)c2ccc(Nc3ccc(-c4ccc(F)cc4)nn3)cc2)cc1. The van der Waals surface area contributed by atoms with E-state index in [1.807, 2.05) is 37.3 Å². The molecule has 4 rings (SSSR count). The first-order chi connectivity index (χ1) is 14.6. The Hall–Kier alpha value is -4.06. The summed E-state index contributed by atoms with van der Waals surface area (Å²) >= 11 is 0. The van der Waals surface area contributed by atoms with E-state index in [2.05, 4.69) is 20.8 Å². The Morgan fingerprint density at radius 1 is 0.767 bits per heavy atom. The van der Waals surface area contributed by atoms with Crippen molar-refractivity contribution >= 4 is 23.1 Å². The summed E-state index contributed by atoms with van der Waals surface area (Å²) in [6.07, 6.45) is 0. The summed E-state index contributed by atoms with van der Waals surface area (Å²) in [6.45, 7) is 2.00. The predicted octanol–water partition coefficient (Wildman–Crippen LogP) is 5.59. The fourth-order valence-electron chi connectivity index (χ4n) is 2.87. The number of halogens is 1. The van der Waals surface area contributed by atoms with Gasteiger partial charge in [0.15, 0.2) is 5.82 Å². The number of benzene rings is 3. The number of hydrogen-bond acceptors (Lipinski definition) is 4. The molecule has 1 aromatic heterocycles. The number of nitrogens with one attached hydrogen (secondary N) is 2. The van der Waals surface area contributed by atoms with Crippen LogP contribution >= 0.6 is 0 Å². The van der Waals surface area contributed by atoms with Crippen molar-refractivity contribution in [3.05, 3.63) is 102 Å². The highest BCUT2D eigenvalue weighted by molar-refractivity contribution is 6.04. The molecule has 0 aliphatic rings. The molecule has 148 valence electrons. The lowest BCUT2D eigenvalue weighted by Gasteiger charge is -2.08. The van der Waals surface area contributed by atoms with Crippen molar-refractivity contribution in [1.82, 2.24) is 10.2 Å². The van der Waals surface area contributed by atoms with Crippen molar-refractivity contribution in [2.24, 2.45) is 0 Å². The third-order valence-electron chi connectivity index (χ3n) is 4.53. The maximum Gasteiger partial charge on any atom is 0.255 e. The molecular weight excluding hydrogens is 379 g/mol. The second-order valence-electron chi connectivity index (χ2n) is 6.83. The first kappa shape index (κ1) is 19.3. The summed E-state index contributed by atoms with van der Waals surface area (Å²) < 4.78 is 13.0. The van der Waals surface area contributed by atoms with Gasteiger partial charge < -0.3 is 10.6 Å². The molecule has 0 bridgehead atoms. The van der Waals surface area contributed by atoms with Gasteiger partial charge in [0.05, 0.1) is 5.69 Å². The number of amides is 1. The summed E-state index contributed by atoms with van der Waals surface area (Å²) in [7, 11) is 0. The summed E-state index contributed by atoms with van der Waals surface area (Å²) in [4.78, 5) is 12.4. The van der Waals surface area contributed by atoms with Crippen LogP contribution in [0.5, 0.6) is 0 Å². The van der Waals surface area contributed by atoms with E-state index in [1.54, 1.807) is 42.5 Å². The van der Waals surface area contributed by atoms with Gasteiger partial charge in [-0.2, -0.15) is 0 Å². The average molecular weight is 398 g/mol. The number of rotatable bonds is 5. The van der Waals surface area contributed by atoms with Crippen LogP contribution in [-0.4, -0.2) is 16.1 Å². The van der Waals surface area contributed by atoms with Gasteiger partial charge in [-0.25, -0.2) is 4.39 Å². The van der Waals surface area contributed by atoms with Crippen LogP contribution in [0.1, 0.15) is 15.9 Å². The Morgan fingerprint density at radius 2 is 1.43 bits per heavy atom. The third-order valence-corrected chi connectivity index (χ3v) is 4.53. The summed E-state index contributed by atoms with van der Waals surface area (Å²) in [5.41, 5.74) is 4.68. The molecule has 0 unspecified atom stereocenters. The zero-order valence-corrected chi connectivity index (χ0v) is 16.3. The number of carbonyl (C=O) groups excluding carboxylic acids is 1. The van der Waals surface area contributed by atoms with Gasteiger partial charge in [-0.15, -0.1) is 10.2 Å². The Balaban J connectivity index is 1.40. The molecule has 0 aliphatic heterocycles. The van der Waals surface area contributed by atoms with Crippen LogP contribution in [0.15, 0.2) is 84.9 Å². The molecule has 0 saturated heterocycles. The van der Waals surface area contributed by atoms with E-state index in [9.17, 15) is 9.18 Å². The summed E-state index contributed by atoms with van der Waals surface area (Å²) in [6, 6.07) is 24.4. The molecular formula is C24H19FN4O. The second kappa shape index (κ2) is 8.53. The smallest absolute Gasteiger partial charge is 0.255 e. The Morgan fingerprint density at radius 3 is 2.07 bits per heavy atom. The third kappa shape index (κ3) is 4.67. The molecule has 0 atom stereocenters. The number of aromatic nitrogens is 2. The minimum atomic E-state index is -0.291. The van der Waals surface area contributed by atoms with Crippen molar-refractivity contribution in [1.29, 1.82) is 0 Å². The molecule has 0 saturated carbocycles. The molecule has 30 heavy (non-hydrogen) atoms. The molecule has 0 fully saturated rings. The van der Waals surface area contributed by atoms with Gasteiger partial charge >= 0.3 is 0 Å². The molecule has 0 aliphatic carbocycles. The molecule has 2 N–H and O–H groups in total. The van der Waals surface area contributed by atoms with Crippen LogP contribution in [0.2, 0.25) is 0 Å². The average Bonchev–Trinajstić information content (AvgIpc) is 2.77. The van der Waals surface area contributed by atoms with E-state index in [-0.39, 0.29) is 11.7 Å². The van der Waals surface area contributed by atoms with Crippen LogP contribution in [0.4, 0.5) is 21.6 Å². The van der Waals surface area contributed by atoms with Crippen LogP contribution in [0, 0.1) is 12.7 Å². The molecule has 1 amide bonds. The van der Waals surface area contributed by atoms with E-state index in [4.69, 9.17) is 0 Å². The number of nitrogens with zero attached hydrogens (tertiary/aromatic N) is 2. The van der Waals surface area contributed by atoms with Crippen molar-refractivity contribution in [2.75, 3.05) is 10.6 Å². The lowest BCUT2D eigenvalue weighted by molar-refractivity contribution is 0.102. The highest BCUT2D eigenvalue weighted by Gasteiger charge is 2.07. The van der Waals surface area contributed by atoms with Crippen molar-refractivity contribution in [2.45, 2.75) is 6.92 Å². The minimum absolute atomic E-state index is 0.172. The number of aryl methyl sites for hydroxylation is 1. The second-order valence-corrected chi connectivity index (χ2v) is 6.83. The highest BCUT2D eigenvalue weighted by atomic mass is 19.1. The fraction of sp³-hybridized carbons (Fsp3) is 0.0417. The molecule has 0 spiro atoms. The fourth-order valence-corrected chi connectivity index (χ4v) is 2.87. The minimum Gasteiger partial charge on any atom is -0.339 e. The molecule has 6 heteroatoms. The molecule has 1 heterocycles. The monoisotopic (exact) mass is 398 g/mol. The Kier molecular flexibility index (Phi) is 5.48. The highest BCUT2D eigenvalue weighted by Crippen LogP contribution is 2.20. The molecule has 0 radical (unpaired) electrons. The zero-order valence-electron chi connectivity index (χ0n) is 16.3. The van der Waals surface area contributed by atoms with Crippen molar-refractivity contribution in [3.63, 3.8) is 0 Å². The summed E-state index contributed by atoms with van der Waals surface area (Å²) in [5, 5.41) is 14.4. The van der Waals surface area contributed by atoms with E-state index in [1.165, 1.54) is 12.1 Å². The lowest BCUT2D eigenvalue weighted by atomic mass is 10.1.